The van der Waals surface area contributed by atoms with Crippen LogP contribution in [-0.2, 0) is 0 Å². The van der Waals surface area contributed by atoms with Gasteiger partial charge in [0, 0.05) is 18.3 Å². The molecule has 3 heteroatoms. The van der Waals surface area contributed by atoms with Crippen LogP contribution < -0.4 is 4.90 Å². The second kappa shape index (κ2) is 5.53. The van der Waals surface area contributed by atoms with Gasteiger partial charge in [0.05, 0.1) is 17.7 Å². The Balaban J connectivity index is 2.26. The molecule has 0 N–H and O–H groups in total. The number of hydrogen-bond donors (Lipinski definition) is 0. The maximum Gasteiger partial charge on any atom is 0.128 e. The van der Waals surface area contributed by atoms with Gasteiger partial charge in [-0.25, -0.2) is 4.39 Å². The van der Waals surface area contributed by atoms with Crippen LogP contribution in [0.4, 0.5) is 10.1 Å². The van der Waals surface area contributed by atoms with Gasteiger partial charge in [0.25, 0.3) is 0 Å². The lowest BCUT2D eigenvalue weighted by Crippen LogP contribution is -2.22. The van der Waals surface area contributed by atoms with Gasteiger partial charge >= 0.3 is 0 Å². The van der Waals surface area contributed by atoms with Crippen molar-refractivity contribution < 1.29 is 4.39 Å². The first-order valence-corrected chi connectivity index (χ1v) is 6.11. The summed E-state index contributed by atoms with van der Waals surface area (Å²) in [4.78, 5) is 1.99. The van der Waals surface area contributed by atoms with E-state index in [2.05, 4.69) is 6.07 Å². The molecule has 0 heterocycles. The molecule has 0 amide bonds. The molecule has 1 atom stereocenters. The van der Waals surface area contributed by atoms with Crippen molar-refractivity contribution in [3.8, 4) is 6.07 Å². The summed E-state index contributed by atoms with van der Waals surface area (Å²) < 4.78 is 13.8. The average Bonchev–Trinajstić information content (AvgIpc) is 2.46. The van der Waals surface area contributed by atoms with Crippen molar-refractivity contribution in [3.05, 3.63) is 65.5 Å². The Bertz CT molecular complexity index is 599. The normalized spacial score (nSPS) is 11.7. The van der Waals surface area contributed by atoms with Crippen LogP contribution in [0.5, 0.6) is 0 Å². The summed E-state index contributed by atoms with van der Waals surface area (Å²) in [5.41, 5.74) is 2.24. The lowest BCUT2D eigenvalue weighted by Gasteiger charge is -2.27. The van der Waals surface area contributed by atoms with Gasteiger partial charge in [0.1, 0.15) is 5.82 Å². The van der Waals surface area contributed by atoms with Crippen LogP contribution >= 0.6 is 0 Å². The fourth-order valence-corrected chi connectivity index (χ4v) is 2.02. The zero-order valence-electron chi connectivity index (χ0n) is 11.0. The summed E-state index contributed by atoms with van der Waals surface area (Å²) in [5.74, 6) is -0.199. The van der Waals surface area contributed by atoms with Crippen LogP contribution in [0.3, 0.4) is 0 Å². The van der Waals surface area contributed by atoms with Crippen molar-refractivity contribution in [2.45, 2.75) is 13.0 Å². The number of benzene rings is 2. The van der Waals surface area contributed by atoms with Crippen LogP contribution in [0.15, 0.2) is 48.5 Å². The number of nitriles is 1. The van der Waals surface area contributed by atoms with E-state index in [0.717, 1.165) is 5.69 Å². The molecule has 96 valence electrons. The summed E-state index contributed by atoms with van der Waals surface area (Å²) in [6.07, 6.45) is 0. The Morgan fingerprint density at radius 1 is 1.11 bits per heavy atom. The number of rotatable bonds is 3. The number of hydrogen-bond acceptors (Lipinski definition) is 2. The van der Waals surface area contributed by atoms with E-state index < -0.39 is 0 Å². The highest BCUT2D eigenvalue weighted by atomic mass is 19.1. The maximum absolute atomic E-state index is 13.8. The van der Waals surface area contributed by atoms with Gasteiger partial charge in [0.15, 0.2) is 0 Å². The molecule has 0 aliphatic heterocycles. The molecular weight excluding hydrogens is 239 g/mol. The van der Waals surface area contributed by atoms with Crippen LogP contribution in [0.25, 0.3) is 0 Å². The van der Waals surface area contributed by atoms with Gasteiger partial charge in [-0.15, -0.1) is 0 Å². The molecule has 0 aliphatic carbocycles. The molecule has 2 aromatic rings. The largest absolute Gasteiger partial charge is 0.368 e. The summed E-state index contributed by atoms with van der Waals surface area (Å²) in [7, 11) is 1.92. The molecule has 0 radical (unpaired) electrons. The highest BCUT2D eigenvalue weighted by Gasteiger charge is 2.15. The second-order valence-electron chi connectivity index (χ2n) is 4.47. The predicted molar refractivity (Wildman–Crippen MR) is 74.4 cm³/mol. The summed E-state index contributed by atoms with van der Waals surface area (Å²) in [6.45, 7) is 1.95. The molecule has 2 aromatic carbocycles. The third-order valence-electron chi connectivity index (χ3n) is 3.34. The van der Waals surface area contributed by atoms with E-state index in [1.165, 1.54) is 6.07 Å². The first-order valence-electron chi connectivity index (χ1n) is 6.11. The summed E-state index contributed by atoms with van der Waals surface area (Å²) >= 11 is 0. The molecule has 0 spiro atoms. The molecule has 0 aromatic heterocycles. The predicted octanol–water partition coefficient (Wildman–Crippen LogP) is 3.89. The molecule has 0 saturated heterocycles. The Morgan fingerprint density at radius 2 is 1.74 bits per heavy atom. The van der Waals surface area contributed by atoms with Crippen molar-refractivity contribution in [1.82, 2.24) is 0 Å². The molecule has 2 rings (SSSR count). The fourth-order valence-electron chi connectivity index (χ4n) is 2.02. The second-order valence-corrected chi connectivity index (χ2v) is 4.47. The van der Waals surface area contributed by atoms with Gasteiger partial charge in [-0.1, -0.05) is 18.2 Å². The highest BCUT2D eigenvalue weighted by molar-refractivity contribution is 5.50. The lowest BCUT2D eigenvalue weighted by molar-refractivity contribution is 0.585. The molecule has 19 heavy (non-hydrogen) atoms. The van der Waals surface area contributed by atoms with Crippen LogP contribution in [0, 0.1) is 17.1 Å². The smallest absolute Gasteiger partial charge is 0.128 e. The minimum Gasteiger partial charge on any atom is -0.368 e. The van der Waals surface area contributed by atoms with Gasteiger partial charge in [0.2, 0.25) is 0 Å². The first kappa shape index (κ1) is 13.1. The van der Waals surface area contributed by atoms with E-state index in [1.54, 1.807) is 24.3 Å². The maximum atomic E-state index is 13.8. The molecular formula is C16H15FN2. The van der Waals surface area contributed by atoms with E-state index in [-0.39, 0.29) is 11.9 Å². The number of halogens is 1. The van der Waals surface area contributed by atoms with Crippen LogP contribution in [-0.4, -0.2) is 7.05 Å². The molecule has 0 saturated carbocycles. The summed E-state index contributed by atoms with van der Waals surface area (Å²) in [5, 5.41) is 8.78. The van der Waals surface area contributed by atoms with Gasteiger partial charge in [-0.2, -0.15) is 5.26 Å². The van der Waals surface area contributed by atoms with Crippen LogP contribution in [0.1, 0.15) is 24.1 Å². The molecule has 0 bridgehead atoms. The standard InChI is InChI=1S/C16H15FN2/c1-12(15-5-3-4-6-16(15)17)19(2)14-9-7-13(11-18)8-10-14/h3-10,12H,1-2H3. The first-order chi connectivity index (χ1) is 9.13. The Hall–Kier alpha value is -2.34. The Morgan fingerprint density at radius 3 is 2.32 bits per heavy atom. The quantitative estimate of drug-likeness (QED) is 0.830. The summed E-state index contributed by atoms with van der Waals surface area (Å²) in [6, 6.07) is 16.1. The topological polar surface area (TPSA) is 27.0 Å². The number of nitrogens with zero attached hydrogens (tertiary/aromatic N) is 2. The molecule has 1 unspecified atom stereocenters. The van der Waals surface area contributed by atoms with E-state index in [4.69, 9.17) is 5.26 Å². The van der Waals surface area contributed by atoms with Crippen molar-refractivity contribution in [1.29, 1.82) is 5.26 Å². The van der Waals surface area contributed by atoms with Gasteiger partial charge in [-0.05, 0) is 37.3 Å². The third-order valence-corrected chi connectivity index (χ3v) is 3.34. The van der Waals surface area contributed by atoms with Gasteiger partial charge < -0.3 is 4.90 Å². The minimum absolute atomic E-state index is 0.0749. The monoisotopic (exact) mass is 254 g/mol. The van der Waals surface area contributed by atoms with Crippen molar-refractivity contribution >= 4 is 5.69 Å². The van der Waals surface area contributed by atoms with E-state index in [0.29, 0.717) is 11.1 Å². The molecule has 0 fully saturated rings. The van der Waals surface area contributed by atoms with Crippen molar-refractivity contribution in [3.63, 3.8) is 0 Å². The van der Waals surface area contributed by atoms with Crippen LogP contribution in [0.2, 0.25) is 0 Å². The zero-order valence-corrected chi connectivity index (χ0v) is 11.0. The molecule has 0 aliphatic rings. The van der Waals surface area contributed by atoms with E-state index in [9.17, 15) is 4.39 Å². The SMILES string of the molecule is CC(c1ccccc1F)N(C)c1ccc(C#N)cc1. The molecule has 2 nitrogen and oxygen atoms in total. The minimum atomic E-state index is -0.199. The lowest BCUT2D eigenvalue weighted by atomic mass is 10.1. The third kappa shape index (κ3) is 2.74. The van der Waals surface area contributed by atoms with E-state index >= 15 is 0 Å². The van der Waals surface area contributed by atoms with Crippen molar-refractivity contribution in [2.75, 3.05) is 11.9 Å². The Kier molecular flexibility index (Phi) is 3.82. The van der Waals surface area contributed by atoms with Gasteiger partial charge in [-0.3, -0.25) is 0 Å². The highest BCUT2D eigenvalue weighted by Crippen LogP contribution is 2.26. The average molecular weight is 254 g/mol. The zero-order chi connectivity index (χ0) is 13.8. The Labute approximate surface area is 112 Å². The van der Waals surface area contributed by atoms with Crippen molar-refractivity contribution in [2.24, 2.45) is 0 Å². The fraction of sp³-hybridized carbons (Fsp3) is 0.188. The number of anilines is 1. The van der Waals surface area contributed by atoms with E-state index in [1.807, 2.05) is 37.1 Å².